The van der Waals surface area contributed by atoms with Crippen LogP contribution in [0.4, 0.5) is 4.79 Å². The van der Waals surface area contributed by atoms with E-state index in [1.807, 2.05) is 32.0 Å². The van der Waals surface area contributed by atoms with Crippen molar-refractivity contribution in [1.29, 1.82) is 0 Å². The number of hydrogen-bond donors (Lipinski definition) is 1. The lowest BCUT2D eigenvalue weighted by molar-refractivity contribution is 0.0240. The van der Waals surface area contributed by atoms with Crippen LogP contribution >= 0.6 is 0 Å². The summed E-state index contributed by atoms with van der Waals surface area (Å²) >= 11 is 0. The van der Waals surface area contributed by atoms with Crippen LogP contribution in [-0.2, 0) is 4.74 Å². The second-order valence-electron chi connectivity index (χ2n) is 4.02. The van der Waals surface area contributed by atoms with Gasteiger partial charge in [0.2, 0.25) is 0 Å². The maximum Gasteiger partial charge on any atom is 0.412 e. The van der Waals surface area contributed by atoms with E-state index in [1.165, 1.54) is 0 Å². The number of carbonyl (C=O) groups is 1. The van der Waals surface area contributed by atoms with E-state index in [-0.39, 0.29) is 0 Å². The molecular weight excluding hydrogens is 206 g/mol. The first-order chi connectivity index (χ1) is 7.53. The second kappa shape index (κ2) is 5.51. The van der Waals surface area contributed by atoms with Crippen LogP contribution in [0.25, 0.3) is 0 Å². The molecule has 1 aromatic carbocycles. The van der Waals surface area contributed by atoms with Crippen LogP contribution in [0.15, 0.2) is 30.3 Å². The minimum atomic E-state index is -0.476. The molecule has 4 nitrogen and oxygen atoms in total. The van der Waals surface area contributed by atoms with Gasteiger partial charge in [-0.1, -0.05) is 18.2 Å². The number of rotatable bonds is 4. The lowest BCUT2D eigenvalue weighted by Gasteiger charge is -2.22. The van der Waals surface area contributed by atoms with Gasteiger partial charge in [0.25, 0.3) is 0 Å². The Morgan fingerprint density at radius 3 is 2.50 bits per heavy atom. The Kier molecular flexibility index (Phi) is 4.31. The Morgan fingerprint density at radius 2 is 1.94 bits per heavy atom. The van der Waals surface area contributed by atoms with Gasteiger partial charge >= 0.3 is 6.09 Å². The van der Waals surface area contributed by atoms with E-state index in [0.717, 1.165) is 0 Å². The van der Waals surface area contributed by atoms with Crippen molar-refractivity contribution >= 4 is 6.09 Å². The molecule has 88 valence electrons. The number of hydrogen-bond acceptors (Lipinski definition) is 3. The molecule has 0 unspecified atom stereocenters. The van der Waals surface area contributed by atoms with Crippen molar-refractivity contribution in [2.75, 3.05) is 13.7 Å². The fourth-order valence-electron chi connectivity index (χ4n) is 0.989. The van der Waals surface area contributed by atoms with Gasteiger partial charge in [-0.25, -0.2) is 4.79 Å². The summed E-state index contributed by atoms with van der Waals surface area (Å²) in [5.74, 6) is 0.523. The molecule has 0 saturated carbocycles. The van der Waals surface area contributed by atoms with E-state index in [1.54, 1.807) is 19.2 Å². The topological polar surface area (TPSA) is 47.6 Å². The molecule has 0 fully saturated rings. The minimum absolute atomic E-state index is 0.393. The average Bonchev–Trinajstić information content (AvgIpc) is 2.28. The van der Waals surface area contributed by atoms with E-state index in [9.17, 15) is 4.79 Å². The normalized spacial score (nSPS) is 10.9. The molecule has 0 heterocycles. The zero-order valence-electron chi connectivity index (χ0n) is 9.82. The third-order valence-corrected chi connectivity index (χ3v) is 2.16. The Balaban J connectivity index is 2.38. The molecule has 1 N–H and O–H groups in total. The Hall–Kier alpha value is -1.55. The van der Waals surface area contributed by atoms with Crippen molar-refractivity contribution < 1.29 is 14.3 Å². The van der Waals surface area contributed by atoms with Crippen molar-refractivity contribution in [3.63, 3.8) is 0 Å². The molecule has 16 heavy (non-hydrogen) atoms. The molecule has 4 heteroatoms. The number of benzene rings is 1. The van der Waals surface area contributed by atoms with E-state index in [4.69, 9.17) is 9.47 Å². The van der Waals surface area contributed by atoms with Crippen LogP contribution in [0.2, 0.25) is 0 Å². The van der Waals surface area contributed by atoms with Gasteiger partial charge in [-0.2, -0.15) is 0 Å². The highest BCUT2D eigenvalue weighted by Crippen LogP contribution is 2.09. The zero-order chi connectivity index (χ0) is 12.0. The van der Waals surface area contributed by atoms with Crippen molar-refractivity contribution in [2.45, 2.75) is 19.4 Å². The third kappa shape index (κ3) is 4.31. The predicted octanol–water partition coefficient (Wildman–Crippen LogP) is 2.20. The Labute approximate surface area is 95.6 Å². The molecule has 0 bridgehead atoms. The second-order valence-corrected chi connectivity index (χ2v) is 4.02. The summed E-state index contributed by atoms with van der Waals surface area (Å²) in [5.41, 5.74) is -0.393. The van der Waals surface area contributed by atoms with Gasteiger partial charge in [0, 0.05) is 13.7 Å². The van der Waals surface area contributed by atoms with Gasteiger partial charge in [0.15, 0.2) is 0 Å². The predicted molar refractivity (Wildman–Crippen MR) is 61.6 cm³/mol. The molecule has 0 radical (unpaired) electrons. The van der Waals surface area contributed by atoms with E-state index in [2.05, 4.69) is 5.32 Å². The smallest absolute Gasteiger partial charge is 0.410 e. The van der Waals surface area contributed by atoms with E-state index < -0.39 is 11.7 Å². The van der Waals surface area contributed by atoms with E-state index >= 15 is 0 Å². The fraction of sp³-hybridized carbons (Fsp3) is 0.417. The first-order valence-electron chi connectivity index (χ1n) is 5.09. The summed E-state index contributed by atoms with van der Waals surface area (Å²) in [6, 6.07) is 8.92. The number of ether oxygens (including phenoxy) is 2. The average molecular weight is 223 g/mol. The lowest BCUT2D eigenvalue weighted by Crippen LogP contribution is -2.40. The Bertz CT molecular complexity index is 335. The summed E-state index contributed by atoms with van der Waals surface area (Å²) < 4.78 is 10.2. The first kappa shape index (κ1) is 12.5. The monoisotopic (exact) mass is 223 g/mol. The van der Waals surface area contributed by atoms with Crippen LogP contribution in [0.5, 0.6) is 5.75 Å². The first-order valence-corrected chi connectivity index (χ1v) is 5.09. The van der Waals surface area contributed by atoms with Crippen molar-refractivity contribution in [3.8, 4) is 5.75 Å². The zero-order valence-corrected chi connectivity index (χ0v) is 9.82. The molecule has 0 saturated heterocycles. The summed E-state index contributed by atoms with van der Waals surface area (Å²) in [6.45, 7) is 4.17. The van der Waals surface area contributed by atoms with Gasteiger partial charge in [-0.15, -0.1) is 0 Å². The number of para-hydroxylation sites is 1. The molecule has 0 aromatic heterocycles. The summed E-state index contributed by atoms with van der Waals surface area (Å²) in [4.78, 5) is 11.4. The number of carbonyl (C=O) groups excluding carboxylic acids is 1. The molecule has 0 aliphatic rings. The molecule has 1 rings (SSSR count). The van der Waals surface area contributed by atoms with Crippen LogP contribution in [0, 0.1) is 0 Å². The SMILES string of the molecule is COC(C)(C)CNC(=O)Oc1ccccc1. The minimum Gasteiger partial charge on any atom is -0.410 e. The van der Waals surface area contributed by atoms with Crippen molar-refractivity contribution in [2.24, 2.45) is 0 Å². The maximum atomic E-state index is 11.4. The van der Waals surface area contributed by atoms with Gasteiger partial charge < -0.3 is 14.8 Å². The van der Waals surface area contributed by atoms with Gasteiger partial charge in [-0.3, -0.25) is 0 Å². The molecule has 1 aromatic rings. The lowest BCUT2D eigenvalue weighted by atomic mass is 10.1. The highest BCUT2D eigenvalue weighted by atomic mass is 16.6. The highest BCUT2D eigenvalue weighted by molar-refractivity contribution is 5.70. The van der Waals surface area contributed by atoms with Gasteiger partial charge in [0.1, 0.15) is 5.75 Å². The summed E-state index contributed by atoms with van der Waals surface area (Å²) in [6.07, 6.45) is -0.476. The molecule has 0 atom stereocenters. The van der Waals surface area contributed by atoms with E-state index in [0.29, 0.717) is 12.3 Å². The standard InChI is InChI=1S/C12H17NO3/c1-12(2,15-3)9-13-11(14)16-10-7-5-4-6-8-10/h4-8H,9H2,1-3H3,(H,13,14). The number of amides is 1. The van der Waals surface area contributed by atoms with Crippen molar-refractivity contribution in [1.82, 2.24) is 5.32 Å². The quantitative estimate of drug-likeness (QED) is 0.851. The molecule has 0 aliphatic carbocycles. The number of nitrogens with one attached hydrogen (secondary N) is 1. The van der Waals surface area contributed by atoms with Crippen molar-refractivity contribution in [3.05, 3.63) is 30.3 Å². The Morgan fingerprint density at radius 1 is 1.31 bits per heavy atom. The molecular formula is C12H17NO3. The third-order valence-electron chi connectivity index (χ3n) is 2.16. The van der Waals surface area contributed by atoms with Crippen LogP contribution < -0.4 is 10.1 Å². The summed E-state index contributed by atoms with van der Waals surface area (Å²) in [7, 11) is 1.60. The molecule has 1 amide bonds. The molecule has 0 spiro atoms. The van der Waals surface area contributed by atoms with Crippen LogP contribution in [-0.4, -0.2) is 25.3 Å². The van der Waals surface area contributed by atoms with Crippen LogP contribution in [0.3, 0.4) is 0 Å². The van der Waals surface area contributed by atoms with Gasteiger partial charge in [-0.05, 0) is 26.0 Å². The largest absolute Gasteiger partial charge is 0.412 e. The van der Waals surface area contributed by atoms with Crippen LogP contribution in [0.1, 0.15) is 13.8 Å². The van der Waals surface area contributed by atoms with Gasteiger partial charge in [0.05, 0.1) is 5.60 Å². The summed E-state index contributed by atoms with van der Waals surface area (Å²) in [5, 5.41) is 2.64. The fourth-order valence-corrected chi connectivity index (χ4v) is 0.989. The maximum absolute atomic E-state index is 11.4. The number of methoxy groups -OCH3 is 1. The highest BCUT2D eigenvalue weighted by Gasteiger charge is 2.17. The molecule has 0 aliphatic heterocycles.